The molecule has 3 heterocycles. The number of hydrogen-bond donors (Lipinski definition) is 2. The molecule has 0 aliphatic carbocycles. The first kappa shape index (κ1) is 9.98. The van der Waals surface area contributed by atoms with Crippen molar-refractivity contribution < 1.29 is 0 Å². The molecule has 1 fully saturated rings. The van der Waals surface area contributed by atoms with Gasteiger partial charge in [0.15, 0.2) is 11.0 Å². The summed E-state index contributed by atoms with van der Waals surface area (Å²) in [5, 5.41) is 8.77. The molecule has 0 saturated carbocycles. The van der Waals surface area contributed by atoms with Crippen molar-refractivity contribution in [3.63, 3.8) is 0 Å². The molecule has 0 bridgehead atoms. The smallest absolute Gasteiger partial charge is 0.213 e. The largest absolute Gasteiger partial charge is 0.348 e. The molecule has 5 nitrogen and oxygen atoms in total. The molecular weight excluding hydrogens is 242 g/mol. The first-order valence-electron chi connectivity index (χ1n) is 5.18. The van der Waals surface area contributed by atoms with E-state index in [1.807, 2.05) is 5.38 Å². The van der Waals surface area contributed by atoms with Crippen molar-refractivity contribution >= 4 is 28.7 Å². The Kier molecular flexibility index (Phi) is 2.49. The maximum absolute atomic E-state index is 4.91. The lowest BCUT2D eigenvalue weighted by molar-refractivity contribution is 0.949. The molecule has 2 aromatic rings. The fourth-order valence-electron chi connectivity index (χ4n) is 1.82. The van der Waals surface area contributed by atoms with Gasteiger partial charge in [-0.25, -0.2) is 4.98 Å². The summed E-state index contributed by atoms with van der Waals surface area (Å²) in [6.45, 7) is 2.23. The van der Waals surface area contributed by atoms with E-state index < -0.39 is 0 Å². The quantitative estimate of drug-likeness (QED) is 0.805. The molecule has 1 aliphatic heterocycles. The normalized spacial score (nSPS) is 15.9. The van der Waals surface area contributed by atoms with Gasteiger partial charge in [0.2, 0.25) is 4.77 Å². The van der Waals surface area contributed by atoms with E-state index in [-0.39, 0.29) is 0 Å². The number of nitrogens with zero attached hydrogens (tertiary/aromatic N) is 3. The van der Waals surface area contributed by atoms with Gasteiger partial charge in [0.25, 0.3) is 0 Å². The van der Waals surface area contributed by atoms with Crippen LogP contribution in [0.25, 0.3) is 11.5 Å². The van der Waals surface area contributed by atoms with Gasteiger partial charge in [0.1, 0.15) is 5.69 Å². The van der Waals surface area contributed by atoms with E-state index in [1.165, 1.54) is 12.8 Å². The average Bonchev–Trinajstić information content (AvgIpc) is 2.97. The molecule has 84 valence electrons. The van der Waals surface area contributed by atoms with E-state index in [0.717, 1.165) is 23.9 Å². The lowest BCUT2D eigenvalue weighted by Gasteiger charge is -2.11. The summed E-state index contributed by atoms with van der Waals surface area (Å²) in [6, 6.07) is 0. The first-order valence-corrected chi connectivity index (χ1v) is 6.47. The van der Waals surface area contributed by atoms with Crippen LogP contribution in [0.3, 0.4) is 0 Å². The Labute approximate surface area is 102 Å². The van der Waals surface area contributed by atoms with Gasteiger partial charge in [-0.3, -0.25) is 10.2 Å². The van der Waals surface area contributed by atoms with E-state index >= 15 is 0 Å². The maximum Gasteiger partial charge on any atom is 0.213 e. The number of hydrogen-bond acceptors (Lipinski definition) is 5. The Hall–Kier alpha value is -1.21. The van der Waals surface area contributed by atoms with Crippen molar-refractivity contribution in [2.75, 3.05) is 18.0 Å². The van der Waals surface area contributed by atoms with E-state index in [0.29, 0.717) is 10.6 Å². The second-order valence-electron chi connectivity index (χ2n) is 3.73. The monoisotopic (exact) mass is 253 g/mol. The molecule has 2 aromatic heterocycles. The first-order chi connectivity index (χ1) is 7.83. The third kappa shape index (κ3) is 1.76. The van der Waals surface area contributed by atoms with Gasteiger partial charge in [-0.2, -0.15) is 4.98 Å². The number of aromatic amines is 2. The van der Waals surface area contributed by atoms with Gasteiger partial charge in [-0.1, -0.05) is 0 Å². The third-order valence-electron chi connectivity index (χ3n) is 2.61. The van der Waals surface area contributed by atoms with Crippen molar-refractivity contribution in [3.8, 4) is 11.5 Å². The fourth-order valence-corrected chi connectivity index (χ4v) is 2.82. The third-order valence-corrected chi connectivity index (χ3v) is 3.71. The van der Waals surface area contributed by atoms with Crippen LogP contribution in [0.1, 0.15) is 12.8 Å². The zero-order valence-corrected chi connectivity index (χ0v) is 10.2. The van der Waals surface area contributed by atoms with Gasteiger partial charge in [-0.05, 0) is 25.1 Å². The van der Waals surface area contributed by atoms with Crippen LogP contribution < -0.4 is 4.90 Å². The summed E-state index contributed by atoms with van der Waals surface area (Å²) in [4.78, 5) is 11.0. The standard InChI is InChI=1S/C9H11N5S2/c15-8-11-7(12-13-8)6-5-16-9(10-6)14-3-1-2-4-14/h5H,1-4H2,(H2,11,12,13,15). The zero-order valence-electron chi connectivity index (χ0n) is 8.56. The molecule has 0 unspecified atom stereocenters. The Morgan fingerprint density at radius 1 is 1.25 bits per heavy atom. The van der Waals surface area contributed by atoms with Crippen LogP contribution in [0.15, 0.2) is 5.38 Å². The summed E-state index contributed by atoms with van der Waals surface area (Å²) in [5.41, 5.74) is 0.860. The Morgan fingerprint density at radius 3 is 2.75 bits per heavy atom. The Bertz CT molecular complexity index is 534. The lowest BCUT2D eigenvalue weighted by Crippen LogP contribution is -2.17. The predicted molar refractivity (Wildman–Crippen MR) is 66.3 cm³/mol. The van der Waals surface area contributed by atoms with Crippen LogP contribution in [0.2, 0.25) is 0 Å². The van der Waals surface area contributed by atoms with Crippen molar-refractivity contribution in [3.05, 3.63) is 10.2 Å². The molecule has 1 aliphatic rings. The number of nitrogens with one attached hydrogen (secondary N) is 2. The number of thiazole rings is 1. The van der Waals surface area contributed by atoms with Crippen LogP contribution >= 0.6 is 23.6 Å². The van der Waals surface area contributed by atoms with Gasteiger partial charge >= 0.3 is 0 Å². The summed E-state index contributed by atoms with van der Waals surface area (Å²) < 4.78 is 0.464. The van der Waals surface area contributed by atoms with Crippen LogP contribution in [0, 0.1) is 4.77 Å². The highest BCUT2D eigenvalue weighted by Crippen LogP contribution is 2.27. The minimum absolute atomic E-state index is 0.464. The highest BCUT2D eigenvalue weighted by atomic mass is 32.1. The van der Waals surface area contributed by atoms with Gasteiger partial charge in [0.05, 0.1) is 0 Å². The van der Waals surface area contributed by atoms with Gasteiger partial charge in [0, 0.05) is 18.5 Å². The highest BCUT2D eigenvalue weighted by molar-refractivity contribution is 7.71. The zero-order chi connectivity index (χ0) is 11.0. The minimum Gasteiger partial charge on any atom is -0.348 e. The molecule has 0 spiro atoms. The lowest BCUT2D eigenvalue weighted by atomic mass is 10.4. The molecular formula is C9H11N5S2. The summed E-state index contributed by atoms with van der Waals surface area (Å²) in [7, 11) is 0. The number of H-pyrrole nitrogens is 2. The van der Waals surface area contributed by atoms with Crippen LogP contribution in [-0.4, -0.2) is 33.3 Å². The van der Waals surface area contributed by atoms with Crippen molar-refractivity contribution in [1.82, 2.24) is 20.2 Å². The molecule has 0 aromatic carbocycles. The van der Waals surface area contributed by atoms with Crippen molar-refractivity contribution in [2.24, 2.45) is 0 Å². The van der Waals surface area contributed by atoms with Crippen molar-refractivity contribution in [2.45, 2.75) is 12.8 Å². The minimum atomic E-state index is 0.464. The van der Waals surface area contributed by atoms with Crippen LogP contribution in [-0.2, 0) is 0 Å². The molecule has 1 saturated heterocycles. The molecule has 0 atom stereocenters. The predicted octanol–water partition coefficient (Wildman–Crippen LogP) is 2.19. The van der Waals surface area contributed by atoms with Gasteiger partial charge < -0.3 is 4.90 Å². The second kappa shape index (κ2) is 3.99. The van der Waals surface area contributed by atoms with E-state index in [2.05, 4.69) is 25.1 Å². The molecule has 3 rings (SSSR count). The number of anilines is 1. The highest BCUT2D eigenvalue weighted by Gasteiger charge is 2.16. The number of aromatic nitrogens is 4. The fraction of sp³-hybridized carbons (Fsp3) is 0.444. The Morgan fingerprint density at radius 2 is 2.06 bits per heavy atom. The average molecular weight is 253 g/mol. The van der Waals surface area contributed by atoms with Crippen LogP contribution in [0.5, 0.6) is 0 Å². The summed E-state index contributed by atoms with van der Waals surface area (Å²) in [5.74, 6) is 0.715. The topological polar surface area (TPSA) is 60.6 Å². The summed E-state index contributed by atoms with van der Waals surface area (Å²) in [6.07, 6.45) is 2.53. The summed E-state index contributed by atoms with van der Waals surface area (Å²) >= 11 is 6.57. The molecule has 16 heavy (non-hydrogen) atoms. The molecule has 0 amide bonds. The Balaban J connectivity index is 1.89. The maximum atomic E-state index is 4.91. The van der Waals surface area contributed by atoms with Gasteiger partial charge in [-0.15, -0.1) is 11.3 Å². The van der Waals surface area contributed by atoms with Crippen molar-refractivity contribution in [1.29, 1.82) is 0 Å². The number of rotatable bonds is 2. The molecule has 7 heteroatoms. The van der Waals surface area contributed by atoms with Crippen LogP contribution in [0.4, 0.5) is 5.13 Å². The SMILES string of the molecule is S=c1nc(-c2csc(N3CCCC3)n2)[nH][nH]1. The van der Waals surface area contributed by atoms with E-state index in [4.69, 9.17) is 12.2 Å². The molecule has 0 radical (unpaired) electrons. The van der Waals surface area contributed by atoms with E-state index in [1.54, 1.807) is 11.3 Å². The molecule has 2 N–H and O–H groups in total. The second-order valence-corrected chi connectivity index (χ2v) is 4.95. The van der Waals surface area contributed by atoms with E-state index in [9.17, 15) is 0 Å².